The molecule has 0 aliphatic rings. The number of aryl methyl sites for hydroxylation is 1. The third kappa shape index (κ3) is 4.84. The molecule has 5 nitrogen and oxygen atoms in total. The SMILES string of the molecule is Cc1nc(NC(=O)N[C@H](CCCO)c2ccccc2)cs1. The van der Waals surface area contributed by atoms with E-state index < -0.39 is 0 Å². The minimum atomic E-state index is -0.285. The summed E-state index contributed by atoms with van der Waals surface area (Å²) in [6, 6.07) is 9.33. The minimum absolute atomic E-state index is 0.109. The first-order valence-electron chi connectivity index (χ1n) is 6.84. The van der Waals surface area contributed by atoms with Crippen LogP contribution in [0.4, 0.5) is 10.6 Å². The van der Waals surface area contributed by atoms with Crippen molar-refractivity contribution in [2.45, 2.75) is 25.8 Å². The van der Waals surface area contributed by atoms with E-state index >= 15 is 0 Å². The molecule has 2 aromatic rings. The molecule has 0 unspecified atom stereocenters. The van der Waals surface area contributed by atoms with Gasteiger partial charge in [-0.3, -0.25) is 5.32 Å². The Hall–Kier alpha value is -1.92. The summed E-state index contributed by atoms with van der Waals surface area (Å²) in [5.41, 5.74) is 1.02. The van der Waals surface area contributed by atoms with Crippen molar-refractivity contribution < 1.29 is 9.90 Å². The van der Waals surface area contributed by atoms with Crippen molar-refractivity contribution in [3.63, 3.8) is 0 Å². The van der Waals surface area contributed by atoms with Crippen LogP contribution in [0.2, 0.25) is 0 Å². The molecule has 0 aliphatic carbocycles. The van der Waals surface area contributed by atoms with Gasteiger partial charge in [-0.25, -0.2) is 9.78 Å². The minimum Gasteiger partial charge on any atom is -0.396 e. The van der Waals surface area contributed by atoms with Gasteiger partial charge in [-0.1, -0.05) is 30.3 Å². The molecule has 0 radical (unpaired) electrons. The van der Waals surface area contributed by atoms with E-state index in [4.69, 9.17) is 5.11 Å². The summed E-state index contributed by atoms with van der Waals surface area (Å²) in [6.07, 6.45) is 1.32. The average Bonchev–Trinajstić information content (AvgIpc) is 2.89. The van der Waals surface area contributed by atoms with E-state index in [0.717, 1.165) is 10.6 Å². The van der Waals surface area contributed by atoms with Gasteiger partial charge < -0.3 is 10.4 Å². The Morgan fingerprint density at radius 1 is 1.38 bits per heavy atom. The molecule has 0 saturated carbocycles. The molecule has 2 amide bonds. The summed E-state index contributed by atoms with van der Waals surface area (Å²) in [6.45, 7) is 2.00. The van der Waals surface area contributed by atoms with Crippen LogP contribution in [0.15, 0.2) is 35.7 Å². The van der Waals surface area contributed by atoms with Gasteiger partial charge >= 0.3 is 6.03 Å². The Labute approximate surface area is 128 Å². The normalized spacial score (nSPS) is 11.9. The number of anilines is 1. The Morgan fingerprint density at radius 2 is 2.14 bits per heavy atom. The second kappa shape index (κ2) is 7.75. The second-order valence-electron chi connectivity index (χ2n) is 4.68. The molecule has 1 aromatic carbocycles. The number of benzene rings is 1. The number of hydrogen-bond donors (Lipinski definition) is 3. The molecule has 3 N–H and O–H groups in total. The van der Waals surface area contributed by atoms with Crippen LogP contribution in [0.1, 0.15) is 29.5 Å². The number of nitrogens with one attached hydrogen (secondary N) is 2. The monoisotopic (exact) mass is 305 g/mol. The first-order chi connectivity index (χ1) is 10.2. The fourth-order valence-corrected chi connectivity index (χ4v) is 2.58. The van der Waals surface area contributed by atoms with Gasteiger partial charge in [-0.15, -0.1) is 11.3 Å². The number of hydrogen-bond acceptors (Lipinski definition) is 4. The number of urea groups is 1. The topological polar surface area (TPSA) is 74.2 Å². The first kappa shape index (κ1) is 15.5. The van der Waals surface area contributed by atoms with E-state index in [2.05, 4.69) is 15.6 Å². The number of carbonyl (C=O) groups is 1. The zero-order valence-corrected chi connectivity index (χ0v) is 12.7. The fourth-order valence-electron chi connectivity index (χ4n) is 2.03. The van der Waals surface area contributed by atoms with Crippen molar-refractivity contribution >= 4 is 23.2 Å². The summed E-state index contributed by atoms with van der Waals surface area (Å²) in [5.74, 6) is 0.559. The largest absolute Gasteiger partial charge is 0.396 e. The van der Waals surface area contributed by atoms with Gasteiger partial charge in [0.2, 0.25) is 0 Å². The van der Waals surface area contributed by atoms with Crippen LogP contribution in [-0.4, -0.2) is 22.7 Å². The number of thiazole rings is 1. The summed E-state index contributed by atoms with van der Waals surface area (Å²) >= 11 is 1.49. The maximum Gasteiger partial charge on any atom is 0.320 e. The van der Waals surface area contributed by atoms with E-state index in [1.54, 1.807) is 5.38 Å². The molecule has 21 heavy (non-hydrogen) atoms. The van der Waals surface area contributed by atoms with Crippen molar-refractivity contribution in [2.75, 3.05) is 11.9 Å². The quantitative estimate of drug-likeness (QED) is 0.768. The molecule has 0 fully saturated rings. The highest BCUT2D eigenvalue weighted by Crippen LogP contribution is 2.19. The van der Waals surface area contributed by atoms with E-state index in [-0.39, 0.29) is 18.7 Å². The van der Waals surface area contributed by atoms with Crippen LogP contribution in [0.3, 0.4) is 0 Å². The molecule has 0 aliphatic heterocycles. The lowest BCUT2D eigenvalue weighted by molar-refractivity contribution is 0.243. The number of aliphatic hydroxyl groups excluding tert-OH is 1. The highest BCUT2D eigenvalue weighted by Gasteiger charge is 2.14. The van der Waals surface area contributed by atoms with Crippen LogP contribution in [0.5, 0.6) is 0 Å². The zero-order chi connectivity index (χ0) is 15.1. The average molecular weight is 305 g/mol. The molecule has 0 saturated heterocycles. The highest BCUT2D eigenvalue weighted by atomic mass is 32.1. The number of aliphatic hydroxyl groups is 1. The lowest BCUT2D eigenvalue weighted by atomic mass is 10.0. The number of rotatable bonds is 6. The Bertz CT molecular complexity index is 571. The third-order valence-corrected chi connectivity index (χ3v) is 3.79. The predicted molar refractivity (Wildman–Crippen MR) is 84.5 cm³/mol. The number of nitrogens with zero attached hydrogens (tertiary/aromatic N) is 1. The molecule has 0 spiro atoms. The lowest BCUT2D eigenvalue weighted by Gasteiger charge is -2.19. The van der Waals surface area contributed by atoms with Gasteiger partial charge in [0.15, 0.2) is 0 Å². The molecular formula is C15H19N3O2S. The fraction of sp³-hybridized carbons (Fsp3) is 0.333. The number of carbonyl (C=O) groups excluding carboxylic acids is 1. The second-order valence-corrected chi connectivity index (χ2v) is 5.74. The van der Waals surface area contributed by atoms with Crippen LogP contribution in [0, 0.1) is 6.92 Å². The van der Waals surface area contributed by atoms with Crippen molar-refractivity contribution in [1.29, 1.82) is 0 Å². The maximum absolute atomic E-state index is 12.0. The molecule has 1 heterocycles. The zero-order valence-electron chi connectivity index (χ0n) is 11.9. The third-order valence-electron chi connectivity index (χ3n) is 3.02. The standard InChI is InChI=1S/C15H19N3O2S/c1-11-16-14(10-21-11)18-15(20)17-13(8-5-9-19)12-6-3-2-4-7-12/h2-4,6-7,10,13,19H,5,8-9H2,1H3,(H2,17,18,20)/t13-/m1/s1. The molecular weight excluding hydrogens is 286 g/mol. The van der Waals surface area contributed by atoms with Crippen LogP contribution in [-0.2, 0) is 0 Å². The molecule has 112 valence electrons. The molecule has 2 rings (SSSR count). The molecule has 1 aromatic heterocycles. The smallest absolute Gasteiger partial charge is 0.320 e. The summed E-state index contributed by atoms with van der Waals surface area (Å²) in [5, 5.41) is 17.4. The summed E-state index contributed by atoms with van der Waals surface area (Å²) in [4.78, 5) is 16.2. The van der Waals surface area contributed by atoms with Gasteiger partial charge in [-0.2, -0.15) is 0 Å². The number of aromatic nitrogens is 1. The molecule has 0 bridgehead atoms. The highest BCUT2D eigenvalue weighted by molar-refractivity contribution is 7.09. The van der Waals surface area contributed by atoms with Gasteiger partial charge in [0, 0.05) is 12.0 Å². The Balaban J connectivity index is 1.99. The Kier molecular flexibility index (Phi) is 5.71. The molecule has 1 atom stereocenters. The van der Waals surface area contributed by atoms with Crippen LogP contribution < -0.4 is 10.6 Å². The van der Waals surface area contributed by atoms with Gasteiger partial charge in [0.05, 0.1) is 11.0 Å². The van der Waals surface area contributed by atoms with Gasteiger partial charge in [0.1, 0.15) is 5.82 Å². The summed E-state index contributed by atoms with van der Waals surface area (Å²) in [7, 11) is 0. The van der Waals surface area contributed by atoms with Crippen LogP contribution >= 0.6 is 11.3 Å². The van der Waals surface area contributed by atoms with Gasteiger partial charge in [0.25, 0.3) is 0 Å². The van der Waals surface area contributed by atoms with Gasteiger partial charge in [-0.05, 0) is 25.3 Å². The van der Waals surface area contributed by atoms with Crippen LogP contribution in [0.25, 0.3) is 0 Å². The summed E-state index contributed by atoms with van der Waals surface area (Å²) < 4.78 is 0. The van der Waals surface area contributed by atoms with E-state index in [1.165, 1.54) is 11.3 Å². The lowest BCUT2D eigenvalue weighted by Crippen LogP contribution is -2.32. The Morgan fingerprint density at radius 3 is 2.76 bits per heavy atom. The number of amides is 2. The van der Waals surface area contributed by atoms with Crippen molar-refractivity contribution in [3.8, 4) is 0 Å². The van der Waals surface area contributed by atoms with Crippen molar-refractivity contribution in [3.05, 3.63) is 46.3 Å². The predicted octanol–water partition coefficient (Wildman–Crippen LogP) is 3.09. The first-order valence-corrected chi connectivity index (χ1v) is 7.72. The van der Waals surface area contributed by atoms with E-state index in [1.807, 2.05) is 37.3 Å². The van der Waals surface area contributed by atoms with Crippen molar-refractivity contribution in [2.24, 2.45) is 0 Å². The molecule has 6 heteroatoms. The van der Waals surface area contributed by atoms with E-state index in [9.17, 15) is 4.79 Å². The van der Waals surface area contributed by atoms with Crippen molar-refractivity contribution in [1.82, 2.24) is 10.3 Å². The maximum atomic E-state index is 12.0. The van der Waals surface area contributed by atoms with E-state index in [0.29, 0.717) is 18.7 Å².